The van der Waals surface area contributed by atoms with Gasteiger partial charge in [-0.1, -0.05) is 20.8 Å². The van der Waals surface area contributed by atoms with Crippen LogP contribution in [-0.4, -0.2) is 24.1 Å². The molecule has 0 N–H and O–H groups in total. The molecule has 1 heterocycles. The van der Waals surface area contributed by atoms with Crippen LogP contribution in [0.2, 0.25) is 18.1 Å². The first kappa shape index (κ1) is 22.4. The van der Waals surface area contributed by atoms with Gasteiger partial charge in [0.05, 0.1) is 16.5 Å². The summed E-state index contributed by atoms with van der Waals surface area (Å²) in [6.07, 6.45) is -4.14. The van der Waals surface area contributed by atoms with Crippen molar-refractivity contribution in [1.82, 2.24) is 9.13 Å². The molecule has 0 aliphatic carbocycles. The lowest BCUT2D eigenvalue weighted by molar-refractivity contribution is -0.137. The van der Waals surface area contributed by atoms with E-state index in [0.717, 1.165) is 22.8 Å². The van der Waals surface area contributed by atoms with E-state index in [9.17, 15) is 22.8 Å². The zero-order valence-electron chi connectivity index (χ0n) is 17.1. The predicted octanol–water partition coefficient (Wildman–Crippen LogP) is 4.13. The van der Waals surface area contributed by atoms with Crippen molar-refractivity contribution < 1.29 is 17.6 Å². The van der Waals surface area contributed by atoms with Crippen molar-refractivity contribution in [3.8, 4) is 0 Å². The largest absolute Gasteiger partial charge is 0.417 e. The fourth-order valence-corrected chi connectivity index (χ4v) is 3.74. The van der Waals surface area contributed by atoms with Gasteiger partial charge in [-0.2, -0.15) is 13.2 Å². The second kappa shape index (κ2) is 7.51. The number of aryl methyl sites for hydroxylation is 1. The molecule has 0 unspecified atom stereocenters. The van der Waals surface area contributed by atoms with Gasteiger partial charge in [0.2, 0.25) is 0 Å². The molecule has 0 bridgehead atoms. The summed E-state index contributed by atoms with van der Waals surface area (Å²) in [7, 11) is -0.505. The minimum absolute atomic E-state index is 0.0386. The van der Waals surface area contributed by atoms with E-state index >= 15 is 0 Å². The Morgan fingerprint density at radius 2 is 1.71 bits per heavy atom. The number of rotatable bonds is 5. The van der Waals surface area contributed by atoms with Crippen LogP contribution in [0, 0.1) is 0 Å². The van der Waals surface area contributed by atoms with Gasteiger partial charge in [-0.05, 0) is 42.8 Å². The summed E-state index contributed by atoms with van der Waals surface area (Å²) in [5, 5.41) is -0.0843. The summed E-state index contributed by atoms with van der Waals surface area (Å²) in [6.45, 7) is 11.0. The van der Waals surface area contributed by atoms with Crippen LogP contribution in [0.25, 0.3) is 10.9 Å². The van der Waals surface area contributed by atoms with Crippen molar-refractivity contribution in [2.45, 2.75) is 58.0 Å². The molecular weight excluding hydrogens is 389 g/mol. The van der Waals surface area contributed by atoms with Gasteiger partial charge in [0, 0.05) is 20.2 Å². The predicted molar refractivity (Wildman–Crippen MR) is 106 cm³/mol. The van der Waals surface area contributed by atoms with Gasteiger partial charge in [0.25, 0.3) is 5.56 Å². The molecule has 28 heavy (non-hydrogen) atoms. The molecule has 0 amide bonds. The summed E-state index contributed by atoms with van der Waals surface area (Å²) in [5.41, 5.74) is -2.00. The minimum Gasteiger partial charge on any atom is -0.417 e. The molecule has 156 valence electrons. The van der Waals surface area contributed by atoms with E-state index in [4.69, 9.17) is 4.43 Å². The maximum Gasteiger partial charge on any atom is 0.416 e. The molecule has 2 aromatic rings. The highest BCUT2D eigenvalue weighted by atomic mass is 28.4. The molecule has 0 saturated heterocycles. The molecule has 0 saturated carbocycles. The molecule has 0 atom stereocenters. The van der Waals surface area contributed by atoms with Crippen LogP contribution in [0.4, 0.5) is 13.2 Å². The van der Waals surface area contributed by atoms with Crippen molar-refractivity contribution in [2.75, 3.05) is 6.61 Å². The average molecular weight is 417 g/mol. The fraction of sp³-hybridized carbons (Fsp3) is 0.579. The fourth-order valence-electron chi connectivity index (χ4n) is 2.66. The van der Waals surface area contributed by atoms with Crippen LogP contribution in [0.1, 0.15) is 32.8 Å². The SMILES string of the molecule is Cn1c(=O)n(CCCO[Si](C)(C)C(C)(C)C)c(=O)c2cc(C(F)(F)F)ccc21. The van der Waals surface area contributed by atoms with Crippen molar-refractivity contribution in [1.29, 1.82) is 0 Å². The molecule has 0 fully saturated rings. The highest BCUT2D eigenvalue weighted by molar-refractivity contribution is 6.74. The van der Waals surface area contributed by atoms with Crippen LogP contribution in [0.5, 0.6) is 0 Å². The second-order valence-corrected chi connectivity index (χ2v) is 13.3. The molecule has 5 nitrogen and oxygen atoms in total. The maximum absolute atomic E-state index is 13.0. The Balaban J connectivity index is 2.33. The third-order valence-corrected chi connectivity index (χ3v) is 10.0. The molecule has 0 spiro atoms. The first-order valence-corrected chi connectivity index (χ1v) is 12.0. The van der Waals surface area contributed by atoms with Gasteiger partial charge in [-0.25, -0.2) is 4.79 Å². The number of alkyl halides is 3. The minimum atomic E-state index is -4.56. The summed E-state index contributed by atoms with van der Waals surface area (Å²) < 4.78 is 47.2. The first-order valence-electron chi connectivity index (χ1n) is 9.11. The number of aromatic nitrogens is 2. The van der Waals surface area contributed by atoms with E-state index in [0.29, 0.717) is 13.0 Å². The first-order chi connectivity index (χ1) is 12.7. The number of benzene rings is 1. The molecule has 1 aromatic carbocycles. The second-order valence-electron chi connectivity index (χ2n) is 8.49. The van der Waals surface area contributed by atoms with E-state index in [1.54, 1.807) is 0 Å². The van der Waals surface area contributed by atoms with Crippen LogP contribution in [-0.2, 0) is 24.2 Å². The van der Waals surface area contributed by atoms with Crippen molar-refractivity contribution in [3.05, 3.63) is 44.6 Å². The third kappa shape index (κ3) is 4.40. The summed E-state index contributed by atoms with van der Waals surface area (Å²) in [4.78, 5) is 25.2. The maximum atomic E-state index is 13.0. The summed E-state index contributed by atoms with van der Waals surface area (Å²) in [6, 6.07) is 2.84. The van der Waals surface area contributed by atoms with E-state index in [1.165, 1.54) is 11.6 Å². The highest BCUT2D eigenvalue weighted by Crippen LogP contribution is 2.36. The van der Waals surface area contributed by atoms with Crippen molar-refractivity contribution in [3.63, 3.8) is 0 Å². The Labute approximate surface area is 162 Å². The van der Waals surface area contributed by atoms with E-state index < -0.39 is 31.3 Å². The molecule has 0 aliphatic heterocycles. The van der Waals surface area contributed by atoms with Gasteiger partial charge in [0.15, 0.2) is 8.32 Å². The quantitative estimate of drug-likeness (QED) is 0.544. The Kier molecular flexibility index (Phi) is 6.01. The topological polar surface area (TPSA) is 53.2 Å². The van der Waals surface area contributed by atoms with Gasteiger partial charge in [0.1, 0.15) is 0 Å². The Hall–Kier alpha value is -1.87. The number of hydrogen-bond donors (Lipinski definition) is 0. The standard InChI is InChI=1S/C19H27F3N2O3Si/c1-18(2,3)28(5,6)27-11-7-10-24-16(25)14-12-13(19(20,21)22)8-9-15(14)23(4)17(24)26/h8-9,12H,7,10-11H2,1-6H3. The van der Waals surface area contributed by atoms with Crippen LogP contribution in [0.3, 0.4) is 0 Å². The number of hydrogen-bond acceptors (Lipinski definition) is 3. The number of halogens is 3. The summed E-state index contributed by atoms with van der Waals surface area (Å²) >= 11 is 0. The van der Waals surface area contributed by atoms with Crippen LogP contribution in [0.15, 0.2) is 27.8 Å². The molecular formula is C19H27F3N2O3Si. The molecule has 2 rings (SSSR count). The Morgan fingerprint density at radius 1 is 1.11 bits per heavy atom. The van der Waals surface area contributed by atoms with Gasteiger partial charge < -0.3 is 4.43 Å². The van der Waals surface area contributed by atoms with Crippen molar-refractivity contribution in [2.24, 2.45) is 7.05 Å². The van der Waals surface area contributed by atoms with E-state index in [2.05, 4.69) is 33.9 Å². The molecule has 0 radical (unpaired) electrons. The van der Waals surface area contributed by atoms with Crippen LogP contribution >= 0.6 is 0 Å². The Morgan fingerprint density at radius 3 is 2.25 bits per heavy atom. The zero-order chi connectivity index (χ0) is 21.5. The highest BCUT2D eigenvalue weighted by Gasteiger charge is 2.36. The number of nitrogens with zero attached hydrogens (tertiary/aromatic N) is 2. The lowest BCUT2D eigenvalue weighted by Gasteiger charge is -2.36. The lowest BCUT2D eigenvalue weighted by atomic mass is 10.1. The summed E-state index contributed by atoms with van der Waals surface area (Å²) in [5.74, 6) is 0. The molecule has 9 heteroatoms. The monoisotopic (exact) mass is 416 g/mol. The van der Waals surface area contributed by atoms with E-state index in [-0.39, 0.29) is 22.5 Å². The van der Waals surface area contributed by atoms with Gasteiger partial charge in [-0.3, -0.25) is 13.9 Å². The smallest absolute Gasteiger partial charge is 0.416 e. The molecule has 0 aliphatic rings. The average Bonchev–Trinajstić information content (AvgIpc) is 2.56. The van der Waals surface area contributed by atoms with E-state index in [1.807, 2.05) is 0 Å². The van der Waals surface area contributed by atoms with Crippen molar-refractivity contribution >= 4 is 19.2 Å². The normalized spacial score (nSPS) is 13.3. The number of fused-ring (bicyclic) bond motifs is 1. The Bertz CT molecular complexity index is 985. The zero-order valence-corrected chi connectivity index (χ0v) is 18.1. The van der Waals surface area contributed by atoms with Gasteiger partial charge >= 0.3 is 11.9 Å². The molecule has 1 aromatic heterocycles. The van der Waals surface area contributed by atoms with Crippen LogP contribution < -0.4 is 11.2 Å². The lowest BCUT2D eigenvalue weighted by Crippen LogP contribution is -2.42. The van der Waals surface area contributed by atoms with Gasteiger partial charge in [-0.15, -0.1) is 0 Å². The third-order valence-electron chi connectivity index (χ3n) is 5.47.